The first-order valence-electron chi connectivity index (χ1n) is 11.7. The Bertz CT molecular complexity index is 1230. The van der Waals surface area contributed by atoms with Crippen LogP contribution in [0.2, 0.25) is 0 Å². The van der Waals surface area contributed by atoms with Gasteiger partial charge < -0.3 is 21.4 Å². The average molecular weight is 458 g/mol. The predicted octanol–water partition coefficient (Wildman–Crippen LogP) is 3.69. The van der Waals surface area contributed by atoms with Gasteiger partial charge in [-0.25, -0.2) is 0 Å². The zero-order valence-electron chi connectivity index (χ0n) is 20.3. The van der Waals surface area contributed by atoms with Crippen molar-refractivity contribution in [3.8, 4) is 0 Å². The number of fused-ring (bicyclic) bond motifs is 1. The van der Waals surface area contributed by atoms with Gasteiger partial charge >= 0.3 is 0 Å². The van der Waals surface area contributed by atoms with E-state index >= 15 is 0 Å². The summed E-state index contributed by atoms with van der Waals surface area (Å²) in [6, 6.07) is 14.8. The number of piperidine rings is 1. The minimum atomic E-state index is 0.352. The lowest BCUT2D eigenvalue weighted by Crippen LogP contribution is -2.41. The number of rotatable bonds is 7. The molecule has 1 fully saturated rings. The summed E-state index contributed by atoms with van der Waals surface area (Å²) < 4.78 is 0. The summed E-state index contributed by atoms with van der Waals surface area (Å²) in [6.07, 6.45) is 5.64. The minimum absolute atomic E-state index is 0.352. The number of benzene rings is 2. The fourth-order valence-electron chi connectivity index (χ4n) is 4.72. The van der Waals surface area contributed by atoms with Gasteiger partial charge in [0.1, 0.15) is 0 Å². The van der Waals surface area contributed by atoms with Crippen LogP contribution in [0.4, 0.5) is 5.69 Å². The Hall–Kier alpha value is -3.42. The number of nitrogens with one attached hydrogen (secondary N) is 2. The Morgan fingerprint density at radius 1 is 1.21 bits per heavy atom. The van der Waals surface area contributed by atoms with Crippen LogP contribution in [0.15, 0.2) is 53.7 Å². The van der Waals surface area contributed by atoms with E-state index in [4.69, 9.17) is 16.9 Å². The smallest absolute Gasteiger partial charge is 0.0868 e. The lowest BCUT2D eigenvalue weighted by atomic mass is 9.99. The number of anilines is 1. The van der Waals surface area contributed by atoms with Gasteiger partial charge in [-0.2, -0.15) is 0 Å². The Morgan fingerprint density at radius 3 is 2.68 bits per heavy atom. The fourth-order valence-corrected chi connectivity index (χ4v) is 4.72. The lowest BCUT2D eigenvalue weighted by Gasteiger charge is -2.35. The molecule has 0 unspecified atom stereocenters. The molecule has 178 valence electrons. The molecule has 2 aromatic carbocycles. The Kier molecular flexibility index (Phi) is 7.14. The second-order valence-electron chi connectivity index (χ2n) is 9.24. The zero-order valence-corrected chi connectivity index (χ0v) is 20.3. The maximum Gasteiger partial charge on any atom is 0.0868 e. The molecule has 4 rings (SSSR count). The van der Waals surface area contributed by atoms with Gasteiger partial charge in [0.15, 0.2) is 0 Å². The standard InChI is InChI=1S/C27H35N7/c1-31-16-21(15-28)19-5-6-24(29)23(13-19)27(30)26-14-20-12-18(4-7-25(20)32-26)17-34(3)22-8-10-33(2)11-9-22/h4-7,12-16,22,30,32H,8-11,17,28-29H2,1-3H3/b21-15+,30-27?,31-16?. The fraction of sp³-hybridized carbons (Fsp3) is 0.333. The monoisotopic (exact) mass is 457 g/mol. The summed E-state index contributed by atoms with van der Waals surface area (Å²) in [5.74, 6) is 0. The van der Waals surface area contributed by atoms with E-state index < -0.39 is 0 Å². The number of aromatic amines is 1. The van der Waals surface area contributed by atoms with Crippen LogP contribution in [0.5, 0.6) is 0 Å². The van der Waals surface area contributed by atoms with E-state index in [1.165, 1.54) is 24.6 Å². The maximum absolute atomic E-state index is 8.85. The van der Waals surface area contributed by atoms with Gasteiger partial charge in [-0.15, -0.1) is 0 Å². The molecule has 3 aromatic rings. The number of H-pyrrole nitrogens is 1. The first-order chi connectivity index (χ1) is 16.4. The van der Waals surface area contributed by atoms with Crippen LogP contribution in [0.25, 0.3) is 16.5 Å². The molecule has 0 saturated carbocycles. The van der Waals surface area contributed by atoms with E-state index in [2.05, 4.69) is 52.1 Å². The first kappa shape index (κ1) is 23.7. The molecule has 1 saturated heterocycles. The molecule has 0 radical (unpaired) electrons. The van der Waals surface area contributed by atoms with Gasteiger partial charge in [0.25, 0.3) is 0 Å². The molecule has 6 N–H and O–H groups in total. The summed E-state index contributed by atoms with van der Waals surface area (Å²) in [5, 5.41) is 9.95. The van der Waals surface area contributed by atoms with Crippen LogP contribution in [0, 0.1) is 5.41 Å². The Morgan fingerprint density at radius 2 is 1.97 bits per heavy atom. The number of likely N-dealkylation sites (tertiary alicyclic amines) is 1. The number of nitrogens with zero attached hydrogens (tertiary/aromatic N) is 3. The average Bonchev–Trinajstić information content (AvgIpc) is 3.26. The third kappa shape index (κ3) is 5.05. The lowest BCUT2D eigenvalue weighted by molar-refractivity contribution is 0.139. The molecular weight excluding hydrogens is 422 g/mol. The highest BCUT2D eigenvalue weighted by Gasteiger charge is 2.21. The van der Waals surface area contributed by atoms with Crippen molar-refractivity contribution in [2.75, 3.05) is 40.0 Å². The first-order valence-corrected chi connectivity index (χ1v) is 11.7. The zero-order chi connectivity index (χ0) is 24.2. The molecular formula is C27H35N7. The Balaban J connectivity index is 1.56. The maximum atomic E-state index is 8.85. The molecule has 34 heavy (non-hydrogen) atoms. The quantitative estimate of drug-likeness (QED) is 0.320. The van der Waals surface area contributed by atoms with E-state index in [9.17, 15) is 0 Å². The van der Waals surface area contributed by atoms with Crippen LogP contribution in [-0.2, 0) is 6.54 Å². The SMILES string of the molecule is CN=C/C(=C\N)c1ccc(N)c(C(=N)c2cc3cc(CN(C)C4CCN(C)CC4)ccc3[nH]2)c1. The van der Waals surface area contributed by atoms with Crippen LogP contribution >= 0.6 is 0 Å². The van der Waals surface area contributed by atoms with E-state index in [1.54, 1.807) is 13.3 Å². The highest BCUT2D eigenvalue weighted by molar-refractivity contribution is 6.16. The number of aliphatic imine (C=N–C) groups is 1. The number of nitrogen functional groups attached to an aromatic ring is 1. The number of nitrogens with two attached hydrogens (primary N) is 2. The summed E-state index contributed by atoms with van der Waals surface area (Å²) in [7, 11) is 6.12. The van der Waals surface area contributed by atoms with E-state index in [0.29, 0.717) is 23.0 Å². The second-order valence-corrected chi connectivity index (χ2v) is 9.24. The topological polar surface area (TPSA) is 111 Å². The molecule has 1 aliphatic rings. The van der Waals surface area contributed by atoms with Gasteiger partial charge in [-0.05, 0) is 81.5 Å². The van der Waals surface area contributed by atoms with E-state index in [-0.39, 0.29) is 0 Å². The molecule has 7 nitrogen and oxygen atoms in total. The normalized spacial score (nSPS) is 16.2. The van der Waals surface area contributed by atoms with Crippen LogP contribution < -0.4 is 11.5 Å². The highest BCUT2D eigenvalue weighted by Crippen LogP contribution is 2.25. The van der Waals surface area contributed by atoms with Gasteiger partial charge in [-0.3, -0.25) is 15.3 Å². The molecule has 0 aliphatic carbocycles. The van der Waals surface area contributed by atoms with E-state index in [0.717, 1.165) is 47.4 Å². The molecule has 7 heteroatoms. The number of hydrogen-bond acceptors (Lipinski definition) is 6. The molecule has 0 spiro atoms. The molecule has 1 aliphatic heterocycles. The van der Waals surface area contributed by atoms with Gasteiger partial charge in [-0.1, -0.05) is 12.1 Å². The van der Waals surface area contributed by atoms with Crippen LogP contribution in [0.1, 0.15) is 35.2 Å². The molecule has 0 bridgehead atoms. The van der Waals surface area contributed by atoms with Crippen molar-refractivity contribution in [2.45, 2.75) is 25.4 Å². The summed E-state index contributed by atoms with van der Waals surface area (Å²) in [6.45, 7) is 3.25. The van der Waals surface area contributed by atoms with Crippen LogP contribution in [0.3, 0.4) is 0 Å². The predicted molar refractivity (Wildman–Crippen MR) is 144 cm³/mol. The summed E-state index contributed by atoms with van der Waals surface area (Å²) in [5.41, 5.74) is 18.3. The minimum Gasteiger partial charge on any atom is -0.404 e. The number of allylic oxidation sites excluding steroid dienone is 1. The Labute approximate surface area is 201 Å². The van der Waals surface area contributed by atoms with Gasteiger partial charge in [0, 0.05) is 59.8 Å². The second kappa shape index (κ2) is 10.2. The van der Waals surface area contributed by atoms with Crippen molar-refractivity contribution in [2.24, 2.45) is 10.7 Å². The third-order valence-electron chi connectivity index (χ3n) is 6.80. The van der Waals surface area contributed by atoms with Gasteiger partial charge in [0.2, 0.25) is 0 Å². The molecule has 0 amide bonds. The molecule has 2 heterocycles. The highest BCUT2D eigenvalue weighted by atomic mass is 15.2. The van der Waals surface area contributed by atoms with Crippen LogP contribution in [-0.4, -0.2) is 67.0 Å². The third-order valence-corrected chi connectivity index (χ3v) is 6.80. The number of aromatic nitrogens is 1. The van der Waals surface area contributed by atoms with Crippen molar-refractivity contribution in [1.29, 1.82) is 5.41 Å². The van der Waals surface area contributed by atoms with Crippen molar-refractivity contribution in [3.05, 3.63) is 71.0 Å². The summed E-state index contributed by atoms with van der Waals surface area (Å²) in [4.78, 5) is 12.3. The van der Waals surface area contributed by atoms with Crippen molar-refractivity contribution < 1.29 is 0 Å². The van der Waals surface area contributed by atoms with E-state index in [1.807, 2.05) is 24.3 Å². The van der Waals surface area contributed by atoms with Gasteiger partial charge in [0.05, 0.1) is 11.4 Å². The largest absolute Gasteiger partial charge is 0.404 e. The molecule has 0 atom stereocenters. The summed E-state index contributed by atoms with van der Waals surface area (Å²) >= 11 is 0. The van der Waals surface area contributed by atoms with Crippen molar-refractivity contribution in [1.82, 2.24) is 14.8 Å². The van der Waals surface area contributed by atoms with Crippen molar-refractivity contribution >= 4 is 34.1 Å². The number of hydrogen-bond donors (Lipinski definition) is 4. The van der Waals surface area contributed by atoms with Crippen molar-refractivity contribution in [3.63, 3.8) is 0 Å². The molecule has 1 aromatic heterocycles.